The number of ether oxygens (including phenoxy) is 2. The maximum atomic E-state index is 11.9. The number of nitrogens with two attached hydrogens (primary N) is 3. The molecule has 2 heterocycles. The average molecular weight is 358 g/mol. The molecule has 0 bridgehead atoms. The molecule has 0 saturated carbocycles. The molecule has 140 valence electrons. The number of hydrogen-bond donors (Lipinski definition) is 5. The van der Waals surface area contributed by atoms with Crippen molar-refractivity contribution in [2.45, 2.75) is 50.0 Å². The Labute approximate surface area is 142 Å². The van der Waals surface area contributed by atoms with E-state index in [1.165, 1.54) is 0 Å². The van der Waals surface area contributed by atoms with E-state index in [0.29, 0.717) is 19.4 Å². The minimum atomic E-state index is -1.52. The first kappa shape index (κ1) is 19.2. The van der Waals surface area contributed by atoms with Crippen LogP contribution in [0.1, 0.15) is 36.1 Å². The number of rotatable bonds is 8. The Bertz CT molecular complexity index is 610. The van der Waals surface area contributed by atoms with Crippen molar-refractivity contribution >= 4 is 11.9 Å². The lowest BCUT2D eigenvalue weighted by Crippen LogP contribution is -2.39. The van der Waals surface area contributed by atoms with E-state index in [0.717, 1.165) is 17.4 Å². The van der Waals surface area contributed by atoms with Crippen LogP contribution in [0.2, 0.25) is 0 Å². The molecule has 0 radical (unpaired) electrons. The van der Waals surface area contributed by atoms with Gasteiger partial charge in [0, 0.05) is 0 Å². The molecule has 0 spiro atoms. The van der Waals surface area contributed by atoms with E-state index in [1.807, 2.05) is 0 Å². The molecule has 5 atom stereocenters. The topological polar surface area (TPSA) is 202 Å². The van der Waals surface area contributed by atoms with E-state index in [2.05, 4.69) is 10.1 Å². The number of hydrogen-bond acceptors (Lipinski definition) is 10. The fourth-order valence-corrected chi connectivity index (χ4v) is 2.28. The quantitative estimate of drug-likeness (QED) is 0.235. The summed E-state index contributed by atoms with van der Waals surface area (Å²) in [4.78, 5) is 26.6. The van der Waals surface area contributed by atoms with Crippen molar-refractivity contribution < 1.29 is 29.3 Å². The van der Waals surface area contributed by atoms with Crippen LogP contribution in [0.5, 0.6) is 0 Å². The van der Waals surface area contributed by atoms with Crippen LogP contribution in [0.25, 0.3) is 0 Å². The number of esters is 1. The zero-order chi connectivity index (χ0) is 18.6. The van der Waals surface area contributed by atoms with Gasteiger partial charge >= 0.3 is 5.97 Å². The van der Waals surface area contributed by atoms with Crippen LogP contribution in [0.15, 0.2) is 6.33 Å². The highest BCUT2D eigenvalue weighted by atomic mass is 16.7. The van der Waals surface area contributed by atoms with Gasteiger partial charge in [-0.1, -0.05) is 6.42 Å². The van der Waals surface area contributed by atoms with Crippen molar-refractivity contribution in [3.63, 3.8) is 0 Å². The molecule has 12 nitrogen and oxygen atoms in total. The molecule has 25 heavy (non-hydrogen) atoms. The normalized spacial score (nSPS) is 27.2. The van der Waals surface area contributed by atoms with E-state index < -0.39 is 42.6 Å². The van der Waals surface area contributed by atoms with E-state index in [9.17, 15) is 19.8 Å². The Morgan fingerprint density at radius 2 is 2.08 bits per heavy atom. The van der Waals surface area contributed by atoms with Crippen LogP contribution in [0.3, 0.4) is 0 Å². The van der Waals surface area contributed by atoms with Crippen LogP contribution in [0.4, 0.5) is 0 Å². The van der Waals surface area contributed by atoms with Crippen LogP contribution < -0.4 is 17.2 Å². The Hall–Kier alpha value is -2.12. The largest absolute Gasteiger partial charge is 0.431 e. The lowest BCUT2D eigenvalue weighted by atomic mass is 10.1. The molecular weight excluding hydrogens is 336 g/mol. The summed E-state index contributed by atoms with van der Waals surface area (Å²) >= 11 is 0. The van der Waals surface area contributed by atoms with Crippen LogP contribution in [-0.2, 0) is 14.3 Å². The third kappa shape index (κ3) is 4.49. The first-order valence-electron chi connectivity index (χ1n) is 7.73. The summed E-state index contributed by atoms with van der Waals surface area (Å²) in [7, 11) is 0. The van der Waals surface area contributed by atoms with Gasteiger partial charge in [0.25, 0.3) is 5.91 Å². The van der Waals surface area contributed by atoms with Crippen LogP contribution in [-0.4, -0.2) is 67.9 Å². The molecule has 1 amide bonds. The van der Waals surface area contributed by atoms with Gasteiger partial charge in [-0.2, -0.15) is 0 Å². The highest BCUT2D eigenvalue weighted by molar-refractivity contribution is 5.88. The molecule has 1 saturated heterocycles. The molecule has 0 aliphatic carbocycles. The zero-order valence-corrected chi connectivity index (χ0v) is 13.4. The van der Waals surface area contributed by atoms with Crippen molar-refractivity contribution in [2.75, 3.05) is 6.54 Å². The molecule has 1 aliphatic rings. The van der Waals surface area contributed by atoms with E-state index in [1.54, 1.807) is 0 Å². The molecule has 8 N–H and O–H groups in total. The second-order valence-electron chi connectivity index (χ2n) is 5.62. The van der Waals surface area contributed by atoms with E-state index in [4.69, 9.17) is 26.7 Å². The smallest absolute Gasteiger partial charge is 0.325 e. The molecule has 12 heteroatoms. The molecule has 0 aromatic carbocycles. The van der Waals surface area contributed by atoms with Gasteiger partial charge in [0.05, 0.1) is 0 Å². The van der Waals surface area contributed by atoms with E-state index >= 15 is 0 Å². The monoisotopic (exact) mass is 358 g/mol. The number of aliphatic hydroxyl groups is 2. The summed E-state index contributed by atoms with van der Waals surface area (Å²) in [6.45, 7) is 0.491. The predicted molar refractivity (Wildman–Crippen MR) is 81.4 cm³/mol. The van der Waals surface area contributed by atoms with E-state index in [-0.39, 0.29) is 5.82 Å². The number of primary amides is 1. The number of nitrogens with zero attached hydrogens (tertiary/aromatic N) is 3. The number of amides is 1. The fraction of sp³-hybridized carbons (Fsp3) is 0.692. The maximum Gasteiger partial charge on any atom is 0.325 e. The van der Waals surface area contributed by atoms with Crippen molar-refractivity contribution in [1.82, 2.24) is 14.8 Å². The molecule has 1 aliphatic heterocycles. The summed E-state index contributed by atoms with van der Waals surface area (Å²) in [6.07, 6.45) is -2.78. The van der Waals surface area contributed by atoms with Gasteiger partial charge < -0.3 is 36.9 Å². The minimum Gasteiger partial charge on any atom is -0.431 e. The van der Waals surface area contributed by atoms with Gasteiger partial charge in [-0.15, -0.1) is 5.10 Å². The molecular formula is C13H22N6O6. The Balaban J connectivity index is 1.96. The van der Waals surface area contributed by atoms with Gasteiger partial charge in [-0.3, -0.25) is 9.59 Å². The van der Waals surface area contributed by atoms with Crippen molar-refractivity contribution in [1.29, 1.82) is 0 Å². The average Bonchev–Trinajstić information content (AvgIpc) is 3.16. The predicted octanol–water partition coefficient (Wildman–Crippen LogP) is -3.05. The molecule has 2 rings (SSSR count). The minimum absolute atomic E-state index is 0.285. The van der Waals surface area contributed by atoms with Crippen LogP contribution >= 0.6 is 0 Å². The number of unbranched alkanes of at least 4 members (excludes halogenated alkanes) is 1. The summed E-state index contributed by atoms with van der Waals surface area (Å²) in [6, 6.07) is -0.897. The molecule has 2 unspecified atom stereocenters. The SMILES string of the molecule is NCCCC[C@H](N)C(=O)O[C@H]1OC(n2cnc(C(N)=O)n2)[C@H](O)C1O. The van der Waals surface area contributed by atoms with Gasteiger partial charge in [0.15, 0.2) is 6.23 Å². The van der Waals surface area contributed by atoms with Crippen LogP contribution in [0, 0.1) is 0 Å². The fourth-order valence-electron chi connectivity index (χ4n) is 2.28. The van der Waals surface area contributed by atoms with Gasteiger partial charge in [0.2, 0.25) is 12.1 Å². The summed E-state index contributed by atoms with van der Waals surface area (Å²) < 4.78 is 11.3. The Morgan fingerprint density at radius 1 is 1.36 bits per heavy atom. The highest BCUT2D eigenvalue weighted by Crippen LogP contribution is 2.29. The number of aromatic nitrogens is 3. The first-order valence-corrected chi connectivity index (χ1v) is 7.73. The standard InChI is InChI=1S/C13H22N6O6/c14-4-2-1-3-6(15)12(23)25-13-8(21)7(20)11(24-13)19-5-17-10(18-19)9(16)22/h5-8,11,13,20-21H,1-4,14-15H2,(H2,16,22)/t6-,7+,8?,11?,13+/m0/s1. The summed E-state index contributed by atoms with van der Waals surface area (Å²) in [5, 5.41) is 23.8. The maximum absolute atomic E-state index is 11.9. The molecule has 1 aromatic rings. The summed E-state index contributed by atoms with van der Waals surface area (Å²) in [5.74, 6) is -1.92. The van der Waals surface area contributed by atoms with Crippen molar-refractivity contribution in [2.24, 2.45) is 17.2 Å². The summed E-state index contributed by atoms with van der Waals surface area (Å²) in [5.41, 5.74) is 16.1. The van der Waals surface area contributed by atoms with Crippen molar-refractivity contribution in [3.05, 3.63) is 12.2 Å². The lowest BCUT2D eigenvalue weighted by molar-refractivity contribution is -0.195. The zero-order valence-electron chi connectivity index (χ0n) is 13.4. The van der Waals surface area contributed by atoms with Crippen molar-refractivity contribution in [3.8, 4) is 0 Å². The Kier molecular flexibility index (Phi) is 6.39. The third-order valence-corrected chi connectivity index (χ3v) is 3.69. The number of carbonyl (C=O) groups excluding carboxylic acids is 2. The second kappa shape index (κ2) is 8.31. The van der Waals surface area contributed by atoms with Gasteiger partial charge in [-0.05, 0) is 19.4 Å². The molecule has 1 aromatic heterocycles. The van der Waals surface area contributed by atoms with Gasteiger partial charge in [0.1, 0.15) is 24.6 Å². The highest BCUT2D eigenvalue weighted by Gasteiger charge is 2.47. The second-order valence-corrected chi connectivity index (χ2v) is 5.62. The first-order chi connectivity index (χ1) is 11.8. The number of carbonyl (C=O) groups is 2. The number of aliphatic hydroxyl groups excluding tert-OH is 2. The third-order valence-electron chi connectivity index (χ3n) is 3.69. The van der Waals surface area contributed by atoms with Gasteiger partial charge in [-0.25, -0.2) is 9.67 Å². The molecule has 1 fully saturated rings. The lowest BCUT2D eigenvalue weighted by Gasteiger charge is -2.18. The Morgan fingerprint density at radius 3 is 2.68 bits per heavy atom.